The quantitative estimate of drug-likeness (QED) is 0.231. The van der Waals surface area contributed by atoms with Crippen molar-refractivity contribution in [3.8, 4) is 0 Å². The van der Waals surface area contributed by atoms with E-state index >= 15 is 0 Å². The lowest BCUT2D eigenvalue weighted by Crippen LogP contribution is -2.47. The number of benzene rings is 1. The number of likely N-dealkylation sites (tertiary alicyclic amines) is 1. The molecule has 2 amide bonds. The second kappa shape index (κ2) is 12.8. The molecule has 6 rings (SSSR count). The van der Waals surface area contributed by atoms with E-state index in [-0.39, 0.29) is 17.4 Å². The van der Waals surface area contributed by atoms with Crippen LogP contribution in [-0.2, 0) is 35.8 Å². The molecule has 10 nitrogen and oxygen atoms in total. The lowest BCUT2D eigenvalue weighted by molar-refractivity contribution is -0.137. The molecule has 1 aromatic carbocycles. The van der Waals surface area contributed by atoms with Crippen molar-refractivity contribution in [1.29, 1.82) is 0 Å². The van der Waals surface area contributed by atoms with E-state index < -0.39 is 5.41 Å². The molecule has 10 heteroatoms. The maximum atomic E-state index is 13.5. The van der Waals surface area contributed by atoms with Crippen LogP contribution < -0.4 is 15.4 Å². The molecule has 0 atom stereocenters. The minimum absolute atomic E-state index is 0.0671. The molecule has 0 N–H and O–H groups in total. The van der Waals surface area contributed by atoms with E-state index in [1.165, 1.54) is 12.8 Å². The third-order valence-electron chi connectivity index (χ3n) is 9.42. The molecule has 0 saturated carbocycles. The van der Waals surface area contributed by atoms with Gasteiger partial charge in [-0.05, 0) is 95.1 Å². The number of amides is 2. The fourth-order valence-corrected chi connectivity index (χ4v) is 6.80. The standard InChI is InChI=1S/C36H44N6O4/c1-6-42-30-12-11-26(21-31(30)38(5)34(44)36(3,4)35(42)45)22-40(18-19-41-17-13-32-28(33(41)43)20-25(2)46-32)23-27-10-9-14-37-29(27)24-39-15-7-8-16-39/h9-14,17,20-21H,6-8,15-16,18-19,22-24H2,1-5H3. The second-order valence-electron chi connectivity index (χ2n) is 13.1. The molecular weight excluding hydrogens is 580 g/mol. The van der Waals surface area contributed by atoms with E-state index in [2.05, 4.69) is 15.9 Å². The molecule has 1 fully saturated rings. The third kappa shape index (κ3) is 6.11. The Morgan fingerprint density at radius 1 is 0.978 bits per heavy atom. The molecule has 1 saturated heterocycles. The number of carbonyl (C=O) groups excluding carboxylic acids is 2. The molecule has 4 aromatic rings. The lowest BCUT2D eigenvalue weighted by atomic mass is 9.90. The SMILES string of the molecule is CCN1C(=O)C(C)(C)C(=O)N(C)c2cc(CN(CCn3ccc4oc(C)cc4c3=O)Cc3cccnc3CN3CCCC3)ccc21. The van der Waals surface area contributed by atoms with Crippen molar-refractivity contribution >= 4 is 34.2 Å². The summed E-state index contributed by atoms with van der Waals surface area (Å²) in [7, 11) is 1.75. The number of nitrogens with zero attached hydrogens (tertiary/aromatic N) is 6. The Kier molecular flexibility index (Phi) is 8.85. The lowest BCUT2D eigenvalue weighted by Gasteiger charge is -2.27. The Hall–Kier alpha value is -4.28. The van der Waals surface area contributed by atoms with Crippen LogP contribution in [0, 0.1) is 12.3 Å². The number of hydrogen-bond acceptors (Lipinski definition) is 7. The molecule has 2 aliphatic rings. The van der Waals surface area contributed by atoms with Crippen LogP contribution in [0.2, 0.25) is 0 Å². The summed E-state index contributed by atoms with van der Waals surface area (Å²) in [6, 6.07) is 13.8. The van der Waals surface area contributed by atoms with Gasteiger partial charge in [0.25, 0.3) is 5.56 Å². The number of furan rings is 1. The summed E-state index contributed by atoms with van der Waals surface area (Å²) < 4.78 is 7.42. The van der Waals surface area contributed by atoms with Crippen molar-refractivity contribution in [2.75, 3.05) is 43.0 Å². The van der Waals surface area contributed by atoms with Gasteiger partial charge in [-0.15, -0.1) is 0 Å². The van der Waals surface area contributed by atoms with Gasteiger partial charge in [0.05, 0.1) is 22.5 Å². The first-order chi connectivity index (χ1) is 22.1. The molecule has 3 aromatic heterocycles. The zero-order chi connectivity index (χ0) is 32.6. The van der Waals surface area contributed by atoms with Crippen LogP contribution in [0.4, 0.5) is 11.4 Å². The largest absolute Gasteiger partial charge is 0.461 e. The molecule has 0 spiro atoms. The minimum Gasteiger partial charge on any atom is -0.461 e. The Bertz CT molecular complexity index is 1820. The smallest absolute Gasteiger partial charge is 0.261 e. The molecule has 242 valence electrons. The number of carbonyl (C=O) groups is 2. The fraction of sp³-hybridized carbons (Fsp3) is 0.444. The predicted molar refractivity (Wildman–Crippen MR) is 180 cm³/mol. The average molecular weight is 625 g/mol. The zero-order valence-corrected chi connectivity index (χ0v) is 27.6. The monoisotopic (exact) mass is 624 g/mol. The number of aromatic nitrogens is 2. The minimum atomic E-state index is -1.16. The van der Waals surface area contributed by atoms with Crippen molar-refractivity contribution < 1.29 is 14.0 Å². The molecule has 5 heterocycles. The van der Waals surface area contributed by atoms with Gasteiger partial charge >= 0.3 is 0 Å². The molecule has 0 aliphatic carbocycles. The molecule has 0 radical (unpaired) electrons. The summed E-state index contributed by atoms with van der Waals surface area (Å²) in [5, 5.41) is 0.586. The van der Waals surface area contributed by atoms with Crippen LogP contribution in [0.25, 0.3) is 11.0 Å². The number of fused-ring (bicyclic) bond motifs is 2. The zero-order valence-electron chi connectivity index (χ0n) is 27.6. The van der Waals surface area contributed by atoms with Gasteiger partial charge in [0.15, 0.2) is 0 Å². The van der Waals surface area contributed by atoms with E-state index in [0.29, 0.717) is 49.5 Å². The molecule has 2 aliphatic heterocycles. The summed E-state index contributed by atoms with van der Waals surface area (Å²) in [5.74, 6) is 0.291. The highest BCUT2D eigenvalue weighted by Crippen LogP contribution is 2.39. The van der Waals surface area contributed by atoms with Gasteiger partial charge in [-0.25, -0.2) is 0 Å². The van der Waals surface area contributed by atoms with Crippen LogP contribution in [0.5, 0.6) is 0 Å². The average Bonchev–Trinajstić information content (AvgIpc) is 3.69. The van der Waals surface area contributed by atoms with Crippen molar-refractivity contribution in [2.24, 2.45) is 5.41 Å². The van der Waals surface area contributed by atoms with Gasteiger partial charge in [0, 0.05) is 58.7 Å². The Balaban J connectivity index is 1.32. The van der Waals surface area contributed by atoms with Gasteiger partial charge < -0.3 is 18.8 Å². The predicted octanol–water partition coefficient (Wildman–Crippen LogP) is 4.95. The summed E-state index contributed by atoms with van der Waals surface area (Å²) in [4.78, 5) is 53.1. The van der Waals surface area contributed by atoms with Crippen LogP contribution in [0.1, 0.15) is 56.2 Å². The van der Waals surface area contributed by atoms with Gasteiger partial charge in [-0.2, -0.15) is 0 Å². The molecule has 0 bridgehead atoms. The number of hydrogen-bond donors (Lipinski definition) is 0. The summed E-state index contributed by atoms with van der Waals surface area (Å²) in [5.41, 5.74) is 4.08. The van der Waals surface area contributed by atoms with Gasteiger partial charge in [-0.1, -0.05) is 12.1 Å². The second-order valence-corrected chi connectivity index (χ2v) is 13.1. The van der Waals surface area contributed by atoms with Gasteiger partial charge in [-0.3, -0.25) is 29.2 Å². The summed E-state index contributed by atoms with van der Waals surface area (Å²) in [6.07, 6.45) is 6.10. The van der Waals surface area contributed by atoms with Crippen LogP contribution in [0.3, 0.4) is 0 Å². The Morgan fingerprint density at radius 3 is 2.52 bits per heavy atom. The number of pyridine rings is 2. The van der Waals surface area contributed by atoms with E-state index in [1.54, 1.807) is 47.5 Å². The highest BCUT2D eigenvalue weighted by atomic mass is 16.3. The topological polar surface area (TPSA) is 95.1 Å². The van der Waals surface area contributed by atoms with Crippen molar-refractivity contribution in [1.82, 2.24) is 19.4 Å². The van der Waals surface area contributed by atoms with E-state index in [9.17, 15) is 14.4 Å². The van der Waals surface area contributed by atoms with Gasteiger partial charge in [0.2, 0.25) is 11.8 Å². The van der Waals surface area contributed by atoms with Crippen LogP contribution >= 0.6 is 0 Å². The highest BCUT2D eigenvalue weighted by Gasteiger charge is 2.45. The van der Waals surface area contributed by atoms with Gasteiger partial charge in [0.1, 0.15) is 16.8 Å². The first-order valence-corrected chi connectivity index (χ1v) is 16.3. The number of anilines is 2. The first kappa shape index (κ1) is 31.7. The Labute approximate surface area is 270 Å². The maximum absolute atomic E-state index is 13.5. The Morgan fingerprint density at radius 2 is 1.76 bits per heavy atom. The fourth-order valence-electron chi connectivity index (χ4n) is 6.80. The molecule has 0 unspecified atom stereocenters. The van der Waals surface area contributed by atoms with E-state index in [0.717, 1.165) is 47.8 Å². The summed E-state index contributed by atoms with van der Waals surface area (Å²) in [6.45, 7) is 13.0. The van der Waals surface area contributed by atoms with Crippen LogP contribution in [-0.4, -0.2) is 64.4 Å². The normalized spacial score (nSPS) is 16.9. The third-order valence-corrected chi connectivity index (χ3v) is 9.42. The number of aryl methyl sites for hydroxylation is 1. The maximum Gasteiger partial charge on any atom is 0.261 e. The van der Waals surface area contributed by atoms with E-state index in [1.807, 2.05) is 50.4 Å². The van der Waals surface area contributed by atoms with E-state index in [4.69, 9.17) is 9.40 Å². The van der Waals surface area contributed by atoms with Crippen LogP contribution in [0.15, 0.2) is 64.1 Å². The van der Waals surface area contributed by atoms with Crippen molar-refractivity contribution in [3.05, 3.63) is 87.8 Å². The number of rotatable bonds is 10. The first-order valence-electron chi connectivity index (χ1n) is 16.3. The highest BCUT2D eigenvalue weighted by molar-refractivity contribution is 6.19. The van der Waals surface area contributed by atoms with Crippen molar-refractivity contribution in [2.45, 2.75) is 66.7 Å². The molecule has 46 heavy (non-hydrogen) atoms. The molecular formula is C36H44N6O4. The van der Waals surface area contributed by atoms with Crippen molar-refractivity contribution in [3.63, 3.8) is 0 Å². The summed E-state index contributed by atoms with van der Waals surface area (Å²) >= 11 is 0.